The Bertz CT molecular complexity index is 1550. The third kappa shape index (κ3) is 47.2. The van der Waals surface area contributed by atoms with Crippen LogP contribution in [0, 0.1) is 0 Å². The average molecular weight is 971 g/mol. The Hall–Kier alpha value is -3.86. The molecule has 0 rings (SSSR count). The van der Waals surface area contributed by atoms with Crippen molar-refractivity contribution in [2.24, 2.45) is 0 Å². The molecular weight excluding hydrogens is 880 g/mol. The zero-order chi connectivity index (χ0) is 49.9. The summed E-state index contributed by atoms with van der Waals surface area (Å²) >= 11 is 0. The number of aliphatic hydroxyl groups excluding tert-OH is 1. The monoisotopic (exact) mass is 971 g/mol. The molecule has 12 heteroatoms. The van der Waals surface area contributed by atoms with Gasteiger partial charge in [0.1, 0.15) is 12.7 Å². The Morgan fingerprint density at radius 3 is 1.25 bits per heavy atom. The van der Waals surface area contributed by atoms with E-state index in [-0.39, 0.29) is 19.3 Å². The van der Waals surface area contributed by atoms with Crippen LogP contribution in [-0.2, 0) is 42.2 Å². The quantitative estimate of drug-likeness (QED) is 0.0197. The number of carbonyl (C=O) groups excluding carboxylic acids is 3. The highest BCUT2D eigenvalue weighted by Crippen LogP contribution is 2.43. The molecule has 0 bridgehead atoms. The summed E-state index contributed by atoms with van der Waals surface area (Å²) in [5.74, 6) is -1.65. The summed E-state index contributed by atoms with van der Waals surface area (Å²) in [6, 6.07) is 0. The van der Waals surface area contributed by atoms with Crippen LogP contribution in [-0.4, -0.2) is 66.5 Å². The smallest absolute Gasteiger partial charge is 0.462 e. The Labute approximate surface area is 412 Å². The lowest BCUT2D eigenvalue weighted by molar-refractivity contribution is -0.161. The van der Waals surface area contributed by atoms with Crippen molar-refractivity contribution in [1.29, 1.82) is 0 Å². The van der Waals surface area contributed by atoms with Gasteiger partial charge in [0.15, 0.2) is 6.10 Å². The van der Waals surface area contributed by atoms with Gasteiger partial charge in [-0.25, -0.2) is 4.57 Å². The summed E-state index contributed by atoms with van der Waals surface area (Å²) in [7, 11) is -4.77. The van der Waals surface area contributed by atoms with Gasteiger partial charge in [0.05, 0.1) is 19.8 Å². The number of hydrogen-bond acceptors (Lipinski definition) is 10. The van der Waals surface area contributed by atoms with Crippen molar-refractivity contribution in [2.75, 3.05) is 26.4 Å². The van der Waals surface area contributed by atoms with Gasteiger partial charge < -0.3 is 24.2 Å². The van der Waals surface area contributed by atoms with Gasteiger partial charge >= 0.3 is 25.7 Å². The van der Waals surface area contributed by atoms with Crippen molar-refractivity contribution >= 4 is 25.7 Å². The largest absolute Gasteiger partial charge is 0.472 e. The highest BCUT2D eigenvalue weighted by atomic mass is 31.2. The minimum absolute atomic E-state index is 0.0297. The Morgan fingerprint density at radius 1 is 0.426 bits per heavy atom. The fraction of sp³-hybridized carbons (Fsp3) is 0.625. The molecule has 0 amide bonds. The zero-order valence-electron chi connectivity index (χ0n) is 42.3. The molecule has 0 spiro atoms. The SMILES string of the molecule is CC/C=C\C/C=C\C/C=C\C/C=C\C/C=C\CCCC(=O)OCC(COP(=O)(O)OCC(CO)OC(=O)CCCCCCCCCCCCC)OC(=O)CC/C=C\C/C=C\C/C=C\C/C=C\CC. The summed E-state index contributed by atoms with van der Waals surface area (Å²) in [6.07, 6.45) is 58.0. The average Bonchev–Trinajstić information content (AvgIpc) is 3.32. The molecular formula is C56H91O11P. The standard InChI is InChI=1S/C56H91O11P/c1-4-7-10-13-16-19-22-24-25-26-27-29-31-33-36-39-42-45-54(58)63-49-53(67-56(60)47-44-41-38-35-32-28-23-20-17-14-11-8-5-2)51-65-68(61,62)64-50-52(48-57)66-55(59)46-43-40-37-34-30-21-18-15-12-9-6-3/h7-8,10-11,16-17,19-20,24-25,27-29,32-33,36,38,41,52-53,57H,4-6,9,12-15,18,21-23,26,30-31,34-35,37,39-40,42-51H2,1-3H3,(H,61,62)/b10-7-,11-8-,19-16-,20-17-,25-24-,29-27-,32-28-,36-33-,41-38-. The first-order valence-corrected chi connectivity index (χ1v) is 27.3. The number of ether oxygens (including phenoxy) is 3. The molecule has 386 valence electrons. The van der Waals surface area contributed by atoms with Crippen molar-refractivity contribution in [2.45, 2.75) is 200 Å². The minimum atomic E-state index is -4.77. The topological polar surface area (TPSA) is 155 Å². The van der Waals surface area contributed by atoms with Gasteiger partial charge in [-0.2, -0.15) is 0 Å². The second-order valence-corrected chi connectivity index (χ2v) is 18.0. The van der Waals surface area contributed by atoms with Crippen LogP contribution in [0.2, 0.25) is 0 Å². The first-order valence-electron chi connectivity index (χ1n) is 25.8. The molecule has 0 saturated carbocycles. The molecule has 0 aliphatic rings. The third-order valence-corrected chi connectivity index (χ3v) is 11.2. The Balaban J connectivity index is 4.92. The van der Waals surface area contributed by atoms with E-state index >= 15 is 0 Å². The minimum Gasteiger partial charge on any atom is -0.462 e. The molecule has 3 atom stereocenters. The number of unbranched alkanes of at least 4 members (excludes halogenated alkanes) is 11. The molecule has 0 aromatic carbocycles. The second kappa shape index (κ2) is 49.6. The number of carbonyl (C=O) groups is 3. The van der Waals surface area contributed by atoms with Crippen LogP contribution in [0.15, 0.2) is 109 Å². The number of phosphoric acid groups is 1. The van der Waals surface area contributed by atoms with Gasteiger partial charge in [-0.1, -0.05) is 194 Å². The summed E-state index contributed by atoms with van der Waals surface area (Å²) in [5.41, 5.74) is 0. The number of aliphatic hydroxyl groups is 1. The summed E-state index contributed by atoms with van der Waals surface area (Å²) < 4.78 is 39.2. The highest BCUT2D eigenvalue weighted by molar-refractivity contribution is 7.47. The molecule has 0 aliphatic heterocycles. The molecule has 0 aromatic heterocycles. The first-order chi connectivity index (χ1) is 33.2. The molecule has 2 N–H and O–H groups in total. The van der Waals surface area contributed by atoms with Crippen LogP contribution in [0.1, 0.15) is 188 Å². The van der Waals surface area contributed by atoms with Crippen LogP contribution in [0.25, 0.3) is 0 Å². The molecule has 0 aliphatic carbocycles. The molecule has 68 heavy (non-hydrogen) atoms. The van der Waals surface area contributed by atoms with Gasteiger partial charge in [-0.3, -0.25) is 23.4 Å². The number of allylic oxidation sites excluding steroid dienone is 18. The van der Waals surface area contributed by atoms with Crippen LogP contribution in [0.4, 0.5) is 0 Å². The van der Waals surface area contributed by atoms with Crippen molar-refractivity contribution in [3.63, 3.8) is 0 Å². The predicted molar refractivity (Wildman–Crippen MR) is 279 cm³/mol. The van der Waals surface area contributed by atoms with Crippen LogP contribution in [0.3, 0.4) is 0 Å². The third-order valence-electron chi connectivity index (χ3n) is 10.2. The van der Waals surface area contributed by atoms with E-state index in [1.807, 2.05) is 30.4 Å². The lowest BCUT2D eigenvalue weighted by Gasteiger charge is -2.21. The van der Waals surface area contributed by atoms with E-state index in [2.05, 4.69) is 99.8 Å². The molecule has 0 saturated heterocycles. The number of hydrogen-bond donors (Lipinski definition) is 2. The predicted octanol–water partition coefficient (Wildman–Crippen LogP) is 14.7. The number of rotatable bonds is 46. The second-order valence-electron chi connectivity index (χ2n) is 16.6. The maximum Gasteiger partial charge on any atom is 0.472 e. The van der Waals surface area contributed by atoms with E-state index in [0.29, 0.717) is 32.1 Å². The van der Waals surface area contributed by atoms with Gasteiger partial charge in [0.25, 0.3) is 0 Å². The van der Waals surface area contributed by atoms with Crippen molar-refractivity contribution < 1.29 is 52.2 Å². The van der Waals surface area contributed by atoms with E-state index in [1.165, 1.54) is 44.9 Å². The first kappa shape index (κ1) is 64.1. The Morgan fingerprint density at radius 2 is 0.794 bits per heavy atom. The van der Waals surface area contributed by atoms with E-state index in [1.54, 1.807) is 0 Å². The number of esters is 3. The zero-order valence-corrected chi connectivity index (χ0v) is 43.2. The van der Waals surface area contributed by atoms with E-state index in [9.17, 15) is 28.9 Å². The van der Waals surface area contributed by atoms with Crippen molar-refractivity contribution in [3.8, 4) is 0 Å². The van der Waals surface area contributed by atoms with E-state index in [4.69, 9.17) is 23.3 Å². The summed E-state index contributed by atoms with van der Waals surface area (Å²) in [6.45, 7) is 4.22. The fourth-order valence-electron chi connectivity index (χ4n) is 6.34. The van der Waals surface area contributed by atoms with Crippen LogP contribution < -0.4 is 0 Å². The highest BCUT2D eigenvalue weighted by Gasteiger charge is 2.28. The lowest BCUT2D eigenvalue weighted by Crippen LogP contribution is -2.30. The molecule has 0 heterocycles. The normalized spacial score (nSPS) is 14.4. The van der Waals surface area contributed by atoms with E-state index < -0.39 is 64.4 Å². The summed E-state index contributed by atoms with van der Waals surface area (Å²) in [5, 5.41) is 9.76. The van der Waals surface area contributed by atoms with Gasteiger partial charge in [-0.15, -0.1) is 0 Å². The van der Waals surface area contributed by atoms with Gasteiger partial charge in [-0.05, 0) is 83.5 Å². The molecule has 0 fully saturated rings. The van der Waals surface area contributed by atoms with Crippen molar-refractivity contribution in [3.05, 3.63) is 109 Å². The van der Waals surface area contributed by atoms with Crippen LogP contribution in [0.5, 0.6) is 0 Å². The molecule has 11 nitrogen and oxygen atoms in total. The molecule has 3 unspecified atom stereocenters. The maximum absolute atomic E-state index is 12.8. The lowest BCUT2D eigenvalue weighted by atomic mass is 10.1. The fourth-order valence-corrected chi connectivity index (χ4v) is 7.13. The van der Waals surface area contributed by atoms with Crippen molar-refractivity contribution in [1.82, 2.24) is 0 Å². The Kier molecular flexibility index (Phi) is 46.7. The maximum atomic E-state index is 12.8. The van der Waals surface area contributed by atoms with E-state index in [0.717, 1.165) is 70.6 Å². The van der Waals surface area contributed by atoms with Gasteiger partial charge in [0.2, 0.25) is 0 Å². The molecule has 0 aromatic rings. The molecule has 0 radical (unpaired) electrons. The van der Waals surface area contributed by atoms with Gasteiger partial charge in [0, 0.05) is 19.3 Å². The van der Waals surface area contributed by atoms with Crippen LogP contribution >= 0.6 is 7.82 Å². The number of phosphoric ester groups is 1. The summed E-state index contributed by atoms with van der Waals surface area (Å²) in [4.78, 5) is 48.2.